The van der Waals surface area contributed by atoms with Gasteiger partial charge in [-0.15, -0.1) is 23.5 Å². The summed E-state index contributed by atoms with van der Waals surface area (Å²) in [5.74, 6) is 3.24. The molecule has 0 spiro atoms. The molecule has 1 aliphatic heterocycles. The summed E-state index contributed by atoms with van der Waals surface area (Å²) in [6, 6.07) is 7.59. The normalized spacial score (nSPS) is 25.0. The second-order valence-electron chi connectivity index (χ2n) is 7.93. The maximum absolute atomic E-state index is 12.8. The number of allylic oxidation sites excluding steroid dienone is 1. The summed E-state index contributed by atoms with van der Waals surface area (Å²) in [6.07, 6.45) is 6.81. The summed E-state index contributed by atoms with van der Waals surface area (Å²) < 4.78 is 37.5. The first kappa shape index (κ1) is 20.9. The van der Waals surface area contributed by atoms with E-state index in [1.165, 1.54) is 33.8 Å². The highest BCUT2D eigenvalue weighted by Gasteiger charge is 2.37. The van der Waals surface area contributed by atoms with Gasteiger partial charge in [0.25, 0.3) is 0 Å². The molecule has 0 aromatic heterocycles. The summed E-state index contributed by atoms with van der Waals surface area (Å²) in [6.45, 7) is -2.39. The Labute approximate surface area is 179 Å². The van der Waals surface area contributed by atoms with Crippen molar-refractivity contribution < 1.29 is 18.3 Å². The molecular formula is C22H25F2NO2S2. The smallest absolute Gasteiger partial charge is 0.387 e. The fraction of sp³-hybridized carbons (Fsp3) is 0.591. The number of hydrogen-bond acceptors (Lipinski definition) is 5. The number of benzene rings is 1. The molecule has 3 aliphatic rings. The highest BCUT2D eigenvalue weighted by atomic mass is 32.2. The number of nitriles is 1. The first-order valence-electron chi connectivity index (χ1n) is 10.2. The molecule has 3 fully saturated rings. The van der Waals surface area contributed by atoms with Crippen molar-refractivity contribution in [1.29, 1.82) is 5.26 Å². The Bertz CT molecular complexity index is 800. The molecule has 1 saturated heterocycles. The molecule has 2 aliphatic carbocycles. The van der Waals surface area contributed by atoms with Crippen molar-refractivity contribution in [1.82, 2.24) is 0 Å². The van der Waals surface area contributed by atoms with E-state index in [0.717, 1.165) is 44.1 Å². The predicted octanol–water partition coefficient (Wildman–Crippen LogP) is 6.49. The van der Waals surface area contributed by atoms with Crippen LogP contribution >= 0.6 is 23.5 Å². The van der Waals surface area contributed by atoms with Crippen LogP contribution in [0.15, 0.2) is 28.0 Å². The zero-order chi connectivity index (χ0) is 20.3. The maximum atomic E-state index is 12.8. The minimum absolute atomic E-state index is 0.0473. The second kappa shape index (κ2) is 9.18. The number of ether oxygens (including phenoxy) is 2. The Morgan fingerprint density at radius 2 is 1.86 bits per heavy atom. The van der Waals surface area contributed by atoms with Gasteiger partial charge in [0.2, 0.25) is 0 Å². The Kier molecular flexibility index (Phi) is 6.60. The van der Waals surface area contributed by atoms with Crippen molar-refractivity contribution in [2.75, 3.05) is 18.1 Å². The van der Waals surface area contributed by atoms with Crippen LogP contribution in [0.5, 0.6) is 11.5 Å². The number of hydrogen-bond donors (Lipinski definition) is 0. The molecule has 1 heterocycles. The fourth-order valence-electron chi connectivity index (χ4n) is 3.89. The zero-order valence-electron chi connectivity index (χ0n) is 16.3. The van der Waals surface area contributed by atoms with Crippen LogP contribution in [0.3, 0.4) is 0 Å². The van der Waals surface area contributed by atoms with Crippen LogP contribution in [0.1, 0.15) is 50.5 Å². The first-order chi connectivity index (χ1) is 14.1. The van der Waals surface area contributed by atoms with Crippen molar-refractivity contribution in [2.45, 2.75) is 57.0 Å². The molecule has 0 radical (unpaired) electrons. The molecule has 1 aromatic carbocycles. The molecule has 1 aromatic rings. The van der Waals surface area contributed by atoms with Gasteiger partial charge in [0.05, 0.1) is 18.1 Å². The number of alkyl halides is 2. The molecule has 0 bridgehead atoms. The average molecular weight is 438 g/mol. The zero-order valence-corrected chi connectivity index (χ0v) is 17.9. The van der Waals surface area contributed by atoms with Crippen LogP contribution in [-0.4, -0.2) is 24.7 Å². The maximum Gasteiger partial charge on any atom is 0.387 e. The van der Waals surface area contributed by atoms with Gasteiger partial charge in [0.1, 0.15) is 0 Å². The lowest BCUT2D eigenvalue weighted by Crippen LogP contribution is -2.28. The van der Waals surface area contributed by atoms with Crippen molar-refractivity contribution >= 4 is 23.5 Å². The lowest BCUT2D eigenvalue weighted by molar-refractivity contribution is -0.0515. The van der Waals surface area contributed by atoms with Crippen LogP contribution in [0.4, 0.5) is 8.78 Å². The predicted molar refractivity (Wildman–Crippen MR) is 114 cm³/mol. The largest absolute Gasteiger partial charge is 0.489 e. The topological polar surface area (TPSA) is 42.2 Å². The van der Waals surface area contributed by atoms with Gasteiger partial charge in [0, 0.05) is 4.24 Å². The second-order valence-corrected chi connectivity index (χ2v) is 10.4. The minimum Gasteiger partial charge on any atom is -0.489 e. The third-order valence-electron chi connectivity index (χ3n) is 5.85. The van der Waals surface area contributed by atoms with Gasteiger partial charge in [-0.3, -0.25) is 0 Å². The molecule has 0 unspecified atom stereocenters. The van der Waals surface area contributed by atoms with Crippen molar-refractivity contribution in [3.63, 3.8) is 0 Å². The van der Waals surface area contributed by atoms with Gasteiger partial charge in [-0.05, 0) is 80.1 Å². The van der Waals surface area contributed by atoms with E-state index in [0.29, 0.717) is 18.3 Å². The molecule has 156 valence electrons. The van der Waals surface area contributed by atoms with Gasteiger partial charge in [-0.2, -0.15) is 14.0 Å². The van der Waals surface area contributed by atoms with E-state index >= 15 is 0 Å². The van der Waals surface area contributed by atoms with Gasteiger partial charge in [0.15, 0.2) is 11.5 Å². The highest BCUT2D eigenvalue weighted by molar-refractivity contribution is 8.22. The Morgan fingerprint density at radius 3 is 2.48 bits per heavy atom. The summed E-state index contributed by atoms with van der Waals surface area (Å²) in [5.41, 5.74) is 1.73. The quantitative estimate of drug-likeness (QED) is 0.508. The van der Waals surface area contributed by atoms with Crippen LogP contribution in [0, 0.1) is 17.2 Å². The molecule has 0 amide bonds. The Balaban J connectivity index is 1.55. The van der Waals surface area contributed by atoms with Gasteiger partial charge < -0.3 is 9.47 Å². The van der Waals surface area contributed by atoms with Crippen LogP contribution in [0.2, 0.25) is 0 Å². The Morgan fingerprint density at radius 1 is 1.14 bits per heavy atom. The van der Waals surface area contributed by atoms with E-state index in [2.05, 4.69) is 10.8 Å². The third-order valence-corrected chi connectivity index (χ3v) is 8.64. The number of halogens is 2. The molecule has 0 atom stereocenters. The number of rotatable bonds is 6. The van der Waals surface area contributed by atoms with Gasteiger partial charge >= 0.3 is 6.61 Å². The molecule has 29 heavy (non-hydrogen) atoms. The van der Waals surface area contributed by atoms with E-state index < -0.39 is 12.0 Å². The number of thioether (sulfide) groups is 2. The van der Waals surface area contributed by atoms with Crippen LogP contribution in [-0.2, 0) is 5.41 Å². The van der Waals surface area contributed by atoms with Gasteiger partial charge in [-0.25, -0.2) is 0 Å². The summed E-state index contributed by atoms with van der Waals surface area (Å²) in [4.78, 5) is 0. The minimum atomic E-state index is -2.90. The first-order valence-corrected chi connectivity index (χ1v) is 12.2. The fourth-order valence-corrected chi connectivity index (χ4v) is 6.67. The third kappa shape index (κ3) is 5.03. The van der Waals surface area contributed by atoms with Crippen molar-refractivity contribution in [3.8, 4) is 17.6 Å². The number of nitrogens with zero attached hydrogens (tertiary/aromatic N) is 1. The summed E-state index contributed by atoms with van der Waals surface area (Å²) in [5, 5.41) is 10.1. The monoisotopic (exact) mass is 437 g/mol. The van der Waals surface area contributed by atoms with E-state index in [1.54, 1.807) is 12.1 Å². The average Bonchev–Trinajstić information content (AvgIpc) is 3.58. The lowest BCUT2D eigenvalue weighted by Gasteiger charge is -2.34. The van der Waals surface area contributed by atoms with E-state index in [4.69, 9.17) is 4.74 Å². The molecule has 2 saturated carbocycles. The molecule has 3 nitrogen and oxygen atoms in total. The SMILES string of the molecule is N#CC1(c2ccc(OC(F)F)c(OCC3CC3)c2)CCC(=C2SCCCS2)CC1. The summed E-state index contributed by atoms with van der Waals surface area (Å²) in [7, 11) is 0. The molecule has 4 rings (SSSR count). The van der Waals surface area contributed by atoms with Gasteiger partial charge in [-0.1, -0.05) is 11.6 Å². The molecule has 0 N–H and O–H groups in total. The van der Waals surface area contributed by atoms with E-state index in [9.17, 15) is 14.0 Å². The lowest BCUT2D eigenvalue weighted by atomic mass is 9.69. The van der Waals surface area contributed by atoms with E-state index in [-0.39, 0.29) is 5.75 Å². The van der Waals surface area contributed by atoms with Crippen molar-refractivity contribution in [2.24, 2.45) is 5.92 Å². The Hall–Kier alpha value is -1.39. The standard InChI is InChI=1S/C22H25F2NO2S2/c23-21(24)27-18-5-4-17(12-19(18)26-13-15-2-3-15)22(14-25)8-6-16(7-9-22)20-28-10-1-11-29-20/h4-5,12,15,21H,1-3,6-11,13H2. The molecular weight excluding hydrogens is 412 g/mol. The van der Waals surface area contributed by atoms with Crippen molar-refractivity contribution in [3.05, 3.63) is 33.6 Å². The van der Waals surface area contributed by atoms with Crippen LogP contribution in [0.25, 0.3) is 0 Å². The molecule has 7 heteroatoms. The highest BCUT2D eigenvalue weighted by Crippen LogP contribution is 2.48. The summed E-state index contributed by atoms with van der Waals surface area (Å²) >= 11 is 3.90. The van der Waals surface area contributed by atoms with Crippen LogP contribution < -0.4 is 9.47 Å². The van der Waals surface area contributed by atoms with E-state index in [1.807, 2.05) is 23.5 Å².